The Morgan fingerprint density at radius 2 is 1.94 bits per heavy atom. The van der Waals surface area contributed by atoms with Gasteiger partial charge in [-0.2, -0.15) is 0 Å². The smallest absolute Gasteiger partial charge is 0.410 e. The van der Waals surface area contributed by atoms with Gasteiger partial charge in [-0.3, -0.25) is 14.9 Å². The molecule has 5 rings (SSSR count). The largest absolute Gasteiger partial charge is 0.495 e. The van der Waals surface area contributed by atoms with Crippen molar-refractivity contribution in [2.24, 2.45) is 5.92 Å². The van der Waals surface area contributed by atoms with E-state index in [1.165, 1.54) is 44.9 Å². The zero-order valence-electron chi connectivity index (χ0n) is 28.7. The highest BCUT2D eigenvalue weighted by atomic mass is 35.5. The van der Waals surface area contributed by atoms with Crippen molar-refractivity contribution < 1.29 is 48.0 Å². The van der Waals surface area contributed by atoms with Crippen LogP contribution in [0, 0.1) is 5.92 Å². The van der Waals surface area contributed by atoms with Gasteiger partial charge in [0.15, 0.2) is 11.3 Å². The van der Waals surface area contributed by atoms with Crippen LogP contribution in [0.3, 0.4) is 0 Å². The molecule has 262 valence electrons. The van der Waals surface area contributed by atoms with Gasteiger partial charge >= 0.3 is 12.1 Å². The van der Waals surface area contributed by atoms with Crippen LogP contribution in [0.1, 0.15) is 53.0 Å². The van der Waals surface area contributed by atoms with Gasteiger partial charge in [0.1, 0.15) is 40.2 Å². The number of nitrogens with zero attached hydrogens (tertiary/aromatic N) is 2. The number of ether oxygens (including phenoxy) is 5. The summed E-state index contributed by atoms with van der Waals surface area (Å²) in [6, 6.07) is 2.60. The van der Waals surface area contributed by atoms with Gasteiger partial charge in [0.2, 0.25) is 11.8 Å². The topological polar surface area (TPSA) is 156 Å². The number of fused-ring (bicyclic) bond motifs is 3. The van der Waals surface area contributed by atoms with Gasteiger partial charge in [0, 0.05) is 40.5 Å². The third-order valence-corrected chi connectivity index (χ3v) is 11.0. The highest BCUT2D eigenvalue weighted by Gasteiger charge is 2.98. The zero-order valence-corrected chi connectivity index (χ0v) is 29.5. The van der Waals surface area contributed by atoms with Crippen LogP contribution in [-0.4, -0.2) is 103 Å². The van der Waals surface area contributed by atoms with Gasteiger partial charge in [-0.1, -0.05) is 42.3 Å². The van der Waals surface area contributed by atoms with Crippen LogP contribution in [0.15, 0.2) is 35.9 Å². The van der Waals surface area contributed by atoms with Crippen LogP contribution in [0.25, 0.3) is 0 Å². The van der Waals surface area contributed by atoms with Crippen molar-refractivity contribution in [2.45, 2.75) is 94.7 Å². The van der Waals surface area contributed by atoms with Crippen molar-refractivity contribution in [3.8, 4) is 5.75 Å². The Morgan fingerprint density at radius 1 is 1.25 bits per heavy atom. The first kappa shape index (κ1) is 35.7. The molecule has 3 fully saturated rings. The molecule has 8 atom stereocenters. The molecule has 3 heterocycles. The van der Waals surface area contributed by atoms with E-state index in [4.69, 9.17) is 35.3 Å². The number of halogens is 1. The fourth-order valence-electron chi connectivity index (χ4n) is 7.49. The molecule has 14 heteroatoms. The van der Waals surface area contributed by atoms with E-state index in [0.717, 1.165) is 11.1 Å². The molecule has 1 saturated carbocycles. The van der Waals surface area contributed by atoms with Crippen molar-refractivity contribution in [1.82, 2.24) is 10.2 Å². The molecule has 13 nitrogen and oxygen atoms in total. The molecule has 0 aromatic heterocycles. The number of esters is 1. The summed E-state index contributed by atoms with van der Waals surface area (Å²) >= 11 is 6.72. The maximum absolute atomic E-state index is 14.1. The molecule has 2 spiro atoms. The molecule has 2 saturated heterocycles. The average Bonchev–Trinajstić information content (AvgIpc) is 3.81. The molecule has 1 aromatic carbocycles. The fourth-order valence-corrected chi connectivity index (χ4v) is 7.80. The summed E-state index contributed by atoms with van der Waals surface area (Å²) in [5, 5.41) is 14.6. The normalized spacial score (nSPS) is 36.7. The molecule has 3 amide bonds. The molecule has 48 heavy (non-hydrogen) atoms. The number of nitrogens with one attached hydrogen (secondary N) is 1. The maximum Gasteiger partial charge on any atom is 0.410 e. The summed E-state index contributed by atoms with van der Waals surface area (Å²) < 4.78 is 29.6. The zero-order chi connectivity index (χ0) is 35.6. The van der Waals surface area contributed by atoms with Gasteiger partial charge in [0.25, 0.3) is 0 Å². The van der Waals surface area contributed by atoms with Gasteiger partial charge < -0.3 is 38.6 Å². The number of methoxy groups -OCH3 is 2. The Kier molecular flexibility index (Phi) is 9.17. The second kappa shape index (κ2) is 12.3. The summed E-state index contributed by atoms with van der Waals surface area (Å²) in [7, 11) is 5.95. The minimum absolute atomic E-state index is 0.119. The number of rotatable bonds is 5. The number of anilines is 1. The second-order valence-corrected chi connectivity index (χ2v) is 13.8. The Morgan fingerprint density at radius 3 is 2.56 bits per heavy atom. The van der Waals surface area contributed by atoms with Crippen molar-refractivity contribution in [1.29, 1.82) is 0 Å². The first-order chi connectivity index (χ1) is 22.4. The van der Waals surface area contributed by atoms with Crippen LogP contribution < -0.4 is 15.0 Å². The standard InChI is InChI=1S/C34H44ClN3O10/c1-18-11-10-12-25(45-9)33(43)17-32(47-30(42)36-33)20(3)34(32)31(5,48-34)26(46-29(41)19(2)37(6)21(4)39)16-27(40)38(7)23-14-22(13-18)15-24(44-8)28(23)35/h10-12,14-15,19-20,25-26,43H,13,16-17H2,1-9H3,(H,36,42)/b12-10+,18-11+. The van der Waals surface area contributed by atoms with E-state index in [0.29, 0.717) is 17.9 Å². The summed E-state index contributed by atoms with van der Waals surface area (Å²) in [6.07, 6.45) is 2.20. The predicted molar refractivity (Wildman–Crippen MR) is 175 cm³/mol. The lowest BCUT2D eigenvalue weighted by Gasteiger charge is -2.41. The first-order valence-corrected chi connectivity index (χ1v) is 16.2. The van der Waals surface area contributed by atoms with Gasteiger partial charge in [-0.05, 0) is 44.9 Å². The number of hydrogen-bond donors (Lipinski definition) is 2. The number of benzene rings is 1. The third kappa shape index (κ3) is 5.54. The number of epoxide rings is 1. The molecular weight excluding hydrogens is 646 g/mol. The highest BCUT2D eigenvalue weighted by molar-refractivity contribution is 6.35. The lowest BCUT2D eigenvalue weighted by atomic mass is 9.88. The molecule has 0 radical (unpaired) electrons. The first-order valence-electron chi connectivity index (χ1n) is 15.8. The number of aliphatic hydroxyl groups is 1. The Labute approximate surface area is 285 Å². The Bertz CT molecular complexity index is 1600. The number of carbonyl (C=O) groups excluding carboxylic acids is 4. The lowest BCUT2D eigenvalue weighted by Crippen LogP contribution is -2.64. The molecule has 3 aliphatic heterocycles. The molecular formula is C34H44ClN3O10. The van der Waals surface area contributed by atoms with Crippen LogP contribution in [0.4, 0.5) is 10.5 Å². The minimum Gasteiger partial charge on any atom is -0.495 e. The van der Waals surface area contributed by atoms with Crippen LogP contribution >= 0.6 is 11.6 Å². The molecule has 2 N–H and O–H groups in total. The average molecular weight is 690 g/mol. The van der Waals surface area contributed by atoms with Crippen LogP contribution in [0.5, 0.6) is 5.75 Å². The van der Waals surface area contributed by atoms with Crippen molar-refractivity contribution in [3.63, 3.8) is 0 Å². The van der Waals surface area contributed by atoms with E-state index >= 15 is 0 Å². The minimum atomic E-state index is -1.89. The third-order valence-electron chi connectivity index (χ3n) is 10.6. The number of hydrogen-bond acceptors (Lipinski definition) is 10. The second-order valence-electron chi connectivity index (χ2n) is 13.4. The van der Waals surface area contributed by atoms with Gasteiger partial charge in [-0.25, -0.2) is 9.59 Å². The summed E-state index contributed by atoms with van der Waals surface area (Å²) in [6.45, 7) is 8.27. The molecule has 4 bridgehead atoms. The van der Waals surface area contributed by atoms with Crippen molar-refractivity contribution in [2.75, 3.05) is 33.2 Å². The molecule has 1 aliphatic carbocycles. The van der Waals surface area contributed by atoms with E-state index in [-0.39, 0.29) is 23.8 Å². The fraction of sp³-hybridized carbons (Fsp3) is 0.588. The van der Waals surface area contributed by atoms with Crippen LogP contribution in [-0.2, 0) is 39.8 Å². The number of carbonyl (C=O) groups is 4. The Hall–Kier alpha value is -3.65. The maximum atomic E-state index is 14.1. The number of likely N-dealkylation sites (N-methyl/N-ethyl adjacent to an activating group) is 1. The molecule has 4 aliphatic rings. The molecule has 8 unspecified atom stereocenters. The molecule has 1 aromatic rings. The number of amides is 3. The van der Waals surface area contributed by atoms with Crippen molar-refractivity contribution >= 4 is 41.2 Å². The van der Waals surface area contributed by atoms with Crippen LogP contribution in [0.2, 0.25) is 5.02 Å². The summed E-state index contributed by atoms with van der Waals surface area (Å²) in [5.41, 5.74) is -3.65. The highest BCUT2D eigenvalue weighted by Crippen LogP contribution is 2.79. The van der Waals surface area contributed by atoms with Crippen molar-refractivity contribution in [3.05, 3.63) is 46.5 Å². The number of allylic oxidation sites excluding steroid dienone is 3. The quantitative estimate of drug-likeness (QED) is 0.348. The summed E-state index contributed by atoms with van der Waals surface area (Å²) in [4.78, 5) is 55.3. The van der Waals surface area contributed by atoms with Gasteiger partial charge in [-0.15, -0.1) is 0 Å². The van der Waals surface area contributed by atoms with E-state index in [1.54, 1.807) is 38.3 Å². The van der Waals surface area contributed by atoms with E-state index < -0.39 is 64.7 Å². The summed E-state index contributed by atoms with van der Waals surface area (Å²) in [5.74, 6) is -1.66. The number of alkyl carbamates (subject to hydrolysis) is 1. The SMILES string of the molecule is COc1cc2cc(c1Cl)N(C)C(=O)CC(OC(=O)C(C)N(C)C(C)=O)C1(C)OC13C(C)C31CC(O)(NC(=O)O1)C(OC)/C=C/C=C(\C)C2. The predicted octanol–water partition coefficient (Wildman–Crippen LogP) is 3.29. The van der Waals surface area contributed by atoms with Gasteiger partial charge in [0.05, 0.1) is 19.2 Å². The van der Waals surface area contributed by atoms with E-state index in [9.17, 15) is 24.3 Å². The monoisotopic (exact) mass is 689 g/mol. The van der Waals surface area contributed by atoms with E-state index in [2.05, 4.69) is 5.32 Å². The lowest BCUT2D eigenvalue weighted by molar-refractivity contribution is -0.161. The van der Waals surface area contributed by atoms with E-state index in [1.807, 2.05) is 19.9 Å². The Balaban J connectivity index is 1.62.